The van der Waals surface area contributed by atoms with E-state index < -0.39 is 0 Å². The van der Waals surface area contributed by atoms with Crippen LogP contribution < -0.4 is 16.0 Å². The topological polar surface area (TPSA) is 60.2 Å². The van der Waals surface area contributed by atoms with E-state index in [9.17, 15) is 4.39 Å². The largest absolute Gasteiger partial charge is 0.494 e. The Kier molecular flexibility index (Phi) is 5.66. The minimum Gasteiger partial charge on any atom is -0.494 e. The van der Waals surface area contributed by atoms with Crippen molar-refractivity contribution < 1.29 is 9.13 Å². The number of hydrogen-bond acceptors (Lipinski definition) is 4. The average Bonchev–Trinajstić information content (AvgIpc) is 2.54. The number of aromatic nitrogens is 1. The van der Waals surface area contributed by atoms with Crippen LogP contribution in [0.15, 0.2) is 42.7 Å². The SMILES string of the molecule is COc1cccc(CC(CCc2cccnc2)NN)c1F. The van der Waals surface area contributed by atoms with Crippen molar-refractivity contribution in [3.05, 3.63) is 59.7 Å². The van der Waals surface area contributed by atoms with Gasteiger partial charge in [0.15, 0.2) is 11.6 Å². The molecule has 2 rings (SSSR count). The van der Waals surface area contributed by atoms with E-state index in [1.54, 1.807) is 24.4 Å². The van der Waals surface area contributed by atoms with Gasteiger partial charge in [0.05, 0.1) is 7.11 Å². The van der Waals surface area contributed by atoms with E-state index in [2.05, 4.69) is 10.4 Å². The molecule has 1 atom stereocenters. The zero-order valence-corrected chi connectivity index (χ0v) is 12.1. The van der Waals surface area contributed by atoms with Gasteiger partial charge >= 0.3 is 0 Å². The molecule has 0 saturated carbocycles. The van der Waals surface area contributed by atoms with Crippen molar-refractivity contribution in [2.24, 2.45) is 5.84 Å². The number of nitrogens with two attached hydrogens (primary N) is 1. The highest BCUT2D eigenvalue weighted by molar-refractivity contribution is 5.31. The number of pyridine rings is 1. The van der Waals surface area contributed by atoms with Gasteiger partial charge in [-0.3, -0.25) is 16.3 Å². The van der Waals surface area contributed by atoms with Crippen LogP contribution in [0.25, 0.3) is 0 Å². The van der Waals surface area contributed by atoms with Crippen molar-refractivity contribution in [3.63, 3.8) is 0 Å². The van der Waals surface area contributed by atoms with E-state index in [4.69, 9.17) is 10.6 Å². The fourth-order valence-electron chi connectivity index (χ4n) is 2.27. The Labute approximate surface area is 124 Å². The molecule has 2 aromatic rings. The van der Waals surface area contributed by atoms with Crippen LogP contribution in [-0.4, -0.2) is 18.1 Å². The Hall–Kier alpha value is -1.98. The predicted molar refractivity (Wildman–Crippen MR) is 80.3 cm³/mol. The van der Waals surface area contributed by atoms with Gasteiger partial charge in [-0.05, 0) is 42.5 Å². The maximum Gasteiger partial charge on any atom is 0.168 e. The van der Waals surface area contributed by atoms with Gasteiger partial charge < -0.3 is 4.74 Å². The number of nitrogens with one attached hydrogen (secondary N) is 1. The zero-order chi connectivity index (χ0) is 15.1. The van der Waals surface area contributed by atoms with Crippen LogP contribution in [0.1, 0.15) is 17.5 Å². The van der Waals surface area contributed by atoms with Crippen molar-refractivity contribution >= 4 is 0 Å². The first kappa shape index (κ1) is 15.4. The van der Waals surface area contributed by atoms with Gasteiger partial charge in [-0.2, -0.15) is 0 Å². The standard InChI is InChI=1S/C16H20FN3O/c1-21-15-6-2-5-13(16(15)17)10-14(20-18)8-7-12-4-3-9-19-11-12/h2-6,9,11,14,20H,7-8,10,18H2,1H3. The molecule has 0 saturated heterocycles. The van der Waals surface area contributed by atoms with Gasteiger partial charge in [-0.1, -0.05) is 18.2 Å². The second-order valence-corrected chi connectivity index (χ2v) is 4.90. The molecule has 3 N–H and O–H groups in total. The fraction of sp³-hybridized carbons (Fsp3) is 0.312. The molecule has 21 heavy (non-hydrogen) atoms. The predicted octanol–water partition coefficient (Wildman–Crippen LogP) is 2.24. The van der Waals surface area contributed by atoms with Crippen LogP contribution in [0.2, 0.25) is 0 Å². The van der Waals surface area contributed by atoms with Gasteiger partial charge in [0.25, 0.3) is 0 Å². The second-order valence-electron chi connectivity index (χ2n) is 4.90. The molecule has 0 amide bonds. The molecule has 0 aliphatic carbocycles. The molecule has 1 aromatic heterocycles. The smallest absolute Gasteiger partial charge is 0.168 e. The second kappa shape index (κ2) is 7.71. The van der Waals surface area contributed by atoms with E-state index in [0.29, 0.717) is 12.0 Å². The number of aryl methyl sites for hydroxylation is 1. The average molecular weight is 289 g/mol. The monoisotopic (exact) mass is 289 g/mol. The highest BCUT2D eigenvalue weighted by Crippen LogP contribution is 2.21. The molecule has 1 aromatic carbocycles. The summed E-state index contributed by atoms with van der Waals surface area (Å²) in [5.41, 5.74) is 4.50. The Balaban J connectivity index is 1.99. The van der Waals surface area contributed by atoms with Crippen molar-refractivity contribution in [1.82, 2.24) is 10.4 Å². The molecule has 0 bridgehead atoms. The van der Waals surface area contributed by atoms with E-state index in [-0.39, 0.29) is 17.6 Å². The third-order valence-electron chi connectivity index (χ3n) is 3.47. The van der Waals surface area contributed by atoms with Gasteiger partial charge in [0.1, 0.15) is 0 Å². The molecule has 5 heteroatoms. The van der Waals surface area contributed by atoms with E-state index in [1.807, 2.05) is 18.3 Å². The molecular formula is C16H20FN3O. The summed E-state index contributed by atoms with van der Waals surface area (Å²) in [5.74, 6) is 5.53. The van der Waals surface area contributed by atoms with Crippen LogP contribution in [-0.2, 0) is 12.8 Å². The maximum absolute atomic E-state index is 14.1. The minimum atomic E-state index is -0.318. The number of nitrogens with zero attached hydrogens (tertiary/aromatic N) is 1. The van der Waals surface area contributed by atoms with Crippen molar-refractivity contribution in [1.29, 1.82) is 0 Å². The summed E-state index contributed by atoms with van der Waals surface area (Å²) in [6.45, 7) is 0. The molecule has 0 spiro atoms. The third-order valence-corrected chi connectivity index (χ3v) is 3.47. The molecule has 0 radical (unpaired) electrons. The fourth-order valence-corrected chi connectivity index (χ4v) is 2.27. The summed E-state index contributed by atoms with van der Waals surface area (Å²) in [5, 5.41) is 0. The molecule has 0 aliphatic rings. The van der Waals surface area contributed by atoms with Crippen LogP contribution in [0.4, 0.5) is 4.39 Å². The molecule has 1 heterocycles. The first-order valence-corrected chi connectivity index (χ1v) is 6.91. The van der Waals surface area contributed by atoms with Gasteiger partial charge in [-0.25, -0.2) is 4.39 Å². The van der Waals surface area contributed by atoms with Gasteiger partial charge in [0, 0.05) is 18.4 Å². The van der Waals surface area contributed by atoms with Crippen molar-refractivity contribution in [2.45, 2.75) is 25.3 Å². The number of hydrogen-bond donors (Lipinski definition) is 2. The summed E-state index contributed by atoms with van der Waals surface area (Å²) < 4.78 is 19.1. The quantitative estimate of drug-likeness (QED) is 0.606. The molecule has 1 unspecified atom stereocenters. The number of ether oxygens (including phenoxy) is 1. The van der Waals surface area contributed by atoms with Crippen molar-refractivity contribution in [2.75, 3.05) is 7.11 Å². The summed E-state index contributed by atoms with van der Waals surface area (Å²) in [4.78, 5) is 4.08. The van der Waals surface area contributed by atoms with Crippen LogP contribution in [0.3, 0.4) is 0 Å². The summed E-state index contributed by atoms with van der Waals surface area (Å²) in [6, 6.07) is 9.07. The summed E-state index contributed by atoms with van der Waals surface area (Å²) in [6.07, 6.45) is 5.74. The Morgan fingerprint density at radius 3 is 2.86 bits per heavy atom. The molecule has 0 fully saturated rings. The highest BCUT2D eigenvalue weighted by Gasteiger charge is 2.14. The number of methoxy groups -OCH3 is 1. The zero-order valence-electron chi connectivity index (χ0n) is 12.1. The number of rotatable bonds is 7. The molecule has 112 valence electrons. The van der Waals surface area contributed by atoms with Crippen LogP contribution >= 0.6 is 0 Å². The molecule has 4 nitrogen and oxygen atoms in total. The Morgan fingerprint density at radius 1 is 1.33 bits per heavy atom. The third kappa shape index (κ3) is 4.24. The normalized spacial score (nSPS) is 12.1. The van der Waals surface area contributed by atoms with Gasteiger partial charge in [0.2, 0.25) is 0 Å². The highest BCUT2D eigenvalue weighted by atomic mass is 19.1. The van der Waals surface area contributed by atoms with Gasteiger partial charge in [-0.15, -0.1) is 0 Å². The maximum atomic E-state index is 14.1. The minimum absolute atomic E-state index is 0.00758. The van der Waals surface area contributed by atoms with Crippen LogP contribution in [0, 0.1) is 5.82 Å². The Morgan fingerprint density at radius 2 is 2.19 bits per heavy atom. The lowest BCUT2D eigenvalue weighted by Crippen LogP contribution is -2.37. The summed E-state index contributed by atoms with van der Waals surface area (Å²) in [7, 11) is 1.46. The number of halogens is 1. The van der Waals surface area contributed by atoms with Crippen LogP contribution in [0.5, 0.6) is 5.75 Å². The van der Waals surface area contributed by atoms with E-state index in [1.165, 1.54) is 7.11 Å². The first-order chi connectivity index (χ1) is 10.2. The molecular weight excluding hydrogens is 269 g/mol. The number of benzene rings is 1. The lowest BCUT2D eigenvalue weighted by Gasteiger charge is -2.17. The van der Waals surface area contributed by atoms with E-state index in [0.717, 1.165) is 18.4 Å². The summed E-state index contributed by atoms with van der Waals surface area (Å²) >= 11 is 0. The number of hydrazine groups is 1. The van der Waals surface area contributed by atoms with E-state index >= 15 is 0 Å². The van der Waals surface area contributed by atoms with Crippen molar-refractivity contribution in [3.8, 4) is 5.75 Å². The lowest BCUT2D eigenvalue weighted by atomic mass is 9.99. The molecule has 0 aliphatic heterocycles. The lowest BCUT2D eigenvalue weighted by molar-refractivity contribution is 0.381. The Bertz CT molecular complexity index is 563. The first-order valence-electron chi connectivity index (χ1n) is 6.91.